The summed E-state index contributed by atoms with van der Waals surface area (Å²) >= 11 is 0. The van der Waals surface area contributed by atoms with E-state index in [4.69, 9.17) is 0 Å². The Bertz CT molecular complexity index is 305. The highest BCUT2D eigenvalue weighted by atomic mass is 19.1. The summed E-state index contributed by atoms with van der Waals surface area (Å²) in [6.07, 6.45) is 3.72. The van der Waals surface area contributed by atoms with Gasteiger partial charge in [-0.1, -0.05) is 45.7 Å². The first-order chi connectivity index (χ1) is 8.15. The van der Waals surface area contributed by atoms with Crippen molar-refractivity contribution in [2.24, 2.45) is 5.92 Å². The molecule has 0 aliphatic rings. The Balaban J connectivity index is 2.56. The largest absolute Gasteiger partial charge is 0.310 e. The van der Waals surface area contributed by atoms with Crippen LogP contribution in [0.4, 0.5) is 4.39 Å². The number of rotatable bonds is 7. The van der Waals surface area contributed by atoms with E-state index in [-0.39, 0.29) is 5.82 Å². The molecule has 1 nitrogen and oxygen atoms in total. The van der Waals surface area contributed by atoms with E-state index in [1.165, 1.54) is 24.8 Å². The van der Waals surface area contributed by atoms with Gasteiger partial charge in [-0.2, -0.15) is 0 Å². The van der Waals surface area contributed by atoms with Crippen molar-refractivity contribution in [3.8, 4) is 0 Å². The van der Waals surface area contributed by atoms with E-state index in [2.05, 4.69) is 26.1 Å². The maximum atomic E-state index is 12.9. The monoisotopic (exact) mass is 237 g/mol. The summed E-state index contributed by atoms with van der Waals surface area (Å²) in [5.74, 6) is 0.351. The molecule has 0 saturated carbocycles. The zero-order valence-corrected chi connectivity index (χ0v) is 11.2. The second kappa shape index (κ2) is 7.44. The topological polar surface area (TPSA) is 12.0 Å². The van der Waals surface area contributed by atoms with Crippen LogP contribution in [-0.2, 0) is 0 Å². The molecule has 0 heterocycles. The molecule has 1 atom stereocenters. The number of unbranched alkanes of at least 4 members (excludes halogenated alkanes) is 2. The van der Waals surface area contributed by atoms with Crippen molar-refractivity contribution in [3.05, 3.63) is 35.6 Å². The number of nitrogens with one attached hydrogen (secondary N) is 1. The van der Waals surface area contributed by atoms with Crippen LogP contribution in [0.5, 0.6) is 0 Å². The quantitative estimate of drug-likeness (QED) is 0.697. The van der Waals surface area contributed by atoms with Gasteiger partial charge < -0.3 is 5.32 Å². The summed E-state index contributed by atoms with van der Waals surface area (Å²) in [5, 5.41) is 3.57. The molecule has 0 bridgehead atoms. The number of benzene rings is 1. The van der Waals surface area contributed by atoms with Crippen LogP contribution in [-0.4, -0.2) is 6.54 Å². The van der Waals surface area contributed by atoms with Crippen LogP contribution in [0.2, 0.25) is 0 Å². The van der Waals surface area contributed by atoms with E-state index < -0.39 is 0 Å². The predicted octanol–water partition coefficient (Wildman–Crippen LogP) is 4.30. The molecule has 1 aromatic rings. The van der Waals surface area contributed by atoms with Crippen LogP contribution < -0.4 is 5.32 Å². The fourth-order valence-electron chi connectivity index (χ4n) is 2.04. The van der Waals surface area contributed by atoms with Crippen LogP contribution in [0, 0.1) is 11.7 Å². The average molecular weight is 237 g/mol. The van der Waals surface area contributed by atoms with E-state index in [0.717, 1.165) is 6.54 Å². The lowest BCUT2D eigenvalue weighted by Gasteiger charge is -2.23. The zero-order chi connectivity index (χ0) is 12.7. The summed E-state index contributed by atoms with van der Waals surface area (Å²) in [4.78, 5) is 0. The molecule has 1 N–H and O–H groups in total. The standard InChI is InChI=1S/C15H24FN/c1-4-5-6-11-17-15(12(2)3)13-7-9-14(16)10-8-13/h7-10,12,15,17H,4-6,11H2,1-3H3. The average Bonchev–Trinajstić information content (AvgIpc) is 2.30. The first kappa shape index (κ1) is 14.2. The normalized spacial score (nSPS) is 13.0. The van der Waals surface area contributed by atoms with Gasteiger partial charge in [0.2, 0.25) is 0 Å². The SMILES string of the molecule is CCCCCNC(c1ccc(F)cc1)C(C)C. The number of halogens is 1. The summed E-state index contributed by atoms with van der Waals surface area (Å²) in [6.45, 7) is 7.63. The molecule has 0 saturated heterocycles. The van der Waals surface area contributed by atoms with Gasteiger partial charge >= 0.3 is 0 Å². The lowest BCUT2D eigenvalue weighted by molar-refractivity contribution is 0.406. The Morgan fingerprint density at radius 1 is 1.12 bits per heavy atom. The van der Waals surface area contributed by atoms with Gasteiger partial charge in [0.05, 0.1) is 0 Å². The van der Waals surface area contributed by atoms with E-state index in [1.807, 2.05) is 12.1 Å². The Labute approximate surface area is 104 Å². The number of hydrogen-bond donors (Lipinski definition) is 1. The lowest BCUT2D eigenvalue weighted by atomic mass is 9.96. The van der Waals surface area contributed by atoms with Crippen LogP contribution >= 0.6 is 0 Å². The van der Waals surface area contributed by atoms with Crippen molar-refractivity contribution in [2.45, 2.75) is 46.1 Å². The first-order valence-electron chi connectivity index (χ1n) is 6.64. The second-order valence-electron chi connectivity index (χ2n) is 4.93. The van der Waals surface area contributed by atoms with Crippen molar-refractivity contribution < 1.29 is 4.39 Å². The highest BCUT2D eigenvalue weighted by Crippen LogP contribution is 2.21. The third-order valence-electron chi connectivity index (χ3n) is 3.04. The van der Waals surface area contributed by atoms with Crippen LogP contribution in [0.25, 0.3) is 0 Å². The highest BCUT2D eigenvalue weighted by Gasteiger charge is 2.14. The molecule has 2 heteroatoms. The molecule has 0 aliphatic carbocycles. The molecule has 0 aliphatic heterocycles. The van der Waals surface area contributed by atoms with Crippen molar-refractivity contribution in [2.75, 3.05) is 6.54 Å². The molecule has 1 rings (SSSR count). The third kappa shape index (κ3) is 4.86. The van der Waals surface area contributed by atoms with E-state index in [0.29, 0.717) is 12.0 Å². The summed E-state index contributed by atoms with van der Waals surface area (Å²) in [6, 6.07) is 7.17. The first-order valence-corrected chi connectivity index (χ1v) is 6.64. The maximum Gasteiger partial charge on any atom is 0.123 e. The van der Waals surface area contributed by atoms with Crippen molar-refractivity contribution >= 4 is 0 Å². The zero-order valence-electron chi connectivity index (χ0n) is 11.2. The molecule has 17 heavy (non-hydrogen) atoms. The molecular weight excluding hydrogens is 213 g/mol. The van der Waals surface area contributed by atoms with E-state index in [1.54, 1.807) is 12.1 Å². The summed E-state index contributed by atoms with van der Waals surface area (Å²) in [5.41, 5.74) is 1.18. The van der Waals surface area contributed by atoms with Crippen molar-refractivity contribution in [1.82, 2.24) is 5.32 Å². The fraction of sp³-hybridized carbons (Fsp3) is 0.600. The van der Waals surface area contributed by atoms with Gasteiger partial charge in [-0.15, -0.1) is 0 Å². The third-order valence-corrected chi connectivity index (χ3v) is 3.04. The Kier molecular flexibility index (Phi) is 6.20. The van der Waals surface area contributed by atoms with Gasteiger partial charge in [0.15, 0.2) is 0 Å². The minimum atomic E-state index is -0.165. The second-order valence-corrected chi connectivity index (χ2v) is 4.93. The van der Waals surface area contributed by atoms with Crippen LogP contribution in [0.1, 0.15) is 51.6 Å². The summed E-state index contributed by atoms with van der Waals surface area (Å²) in [7, 11) is 0. The molecule has 0 fully saturated rings. The van der Waals surface area contributed by atoms with E-state index >= 15 is 0 Å². The molecule has 1 aromatic carbocycles. The van der Waals surface area contributed by atoms with Gasteiger partial charge in [-0.3, -0.25) is 0 Å². The Morgan fingerprint density at radius 2 is 1.76 bits per heavy atom. The highest BCUT2D eigenvalue weighted by molar-refractivity contribution is 5.20. The van der Waals surface area contributed by atoms with Gasteiger partial charge in [-0.25, -0.2) is 4.39 Å². The molecule has 96 valence electrons. The summed E-state index contributed by atoms with van der Waals surface area (Å²) < 4.78 is 12.9. The van der Waals surface area contributed by atoms with Gasteiger partial charge in [0.25, 0.3) is 0 Å². The van der Waals surface area contributed by atoms with Gasteiger partial charge in [0.1, 0.15) is 5.82 Å². The minimum Gasteiger partial charge on any atom is -0.310 e. The van der Waals surface area contributed by atoms with Crippen molar-refractivity contribution in [3.63, 3.8) is 0 Å². The minimum absolute atomic E-state index is 0.165. The molecule has 0 amide bonds. The predicted molar refractivity (Wildman–Crippen MR) is 71.5 cm³/mol. The molecule has 0 aromatic heterocycles. The van der Waals surface area contributed by atoms with Crippen LogP contribution in [0.3, 0.4) is 0 Å². The van der Waals surface area contributed by atoms with Crippen molar-refractivity contribution in [1.29, 1.82) is 0 Å². The number of hydrogen-bond acceptors (Lipinski definition) is 1. The van der Waals surface area contributed by atoms with Gasteiger partial charge in [-0.05, 0) is 36.6 Å². The lowest BCUT2D eigenvalue weighted by Crippen LogP contribution is -2.26. The van der Waals surface area contributed by atoms with Crippen LogP contribution in [0.15, 0.2) is 24.3 Å². The molecular formula is C15H24FN. The molecule has 0 radical (unpaired) electrons. The Hall–Kier alpha value is -0.890. The molecule has 0 spiro atoms. The van der Waals surface area contributed by atoms with Gasteiger partial charge in [0, 0.05) is 6.04 Å². The Morgan fingerprint density at radius 3 is 2.29 bits per heavy atom. The fourth-order valence-corrected chi connectivity index (χ4v) is 2.04. The smallest absolute Gasteiger partial charge is 0.123 e. The van der Waals surface area contributed by atoms with E-state index in [9.17, 15) is 4.39 Å². The molecule has 1 unspecified atom stereocenters. The maximum absolute atomic E-state index is 12.9.